The Bertz CT molecular complexity index is 552. The number of para-hydroxylation sites is 1. The van der Waals surface area contributed by atoms with E-state index in [0.717, 1.165) is 17.1 Å². The lowest BCUT2D eigenvalue weighted by Gasteiger charge is -2.16. The third-order valence-corrected chi connectivity index (χ3v) is 3.03. The summed E-state index contributed by atoms with van der Waals surface area (Å²) in [5, 5.41) is 0. The van der Waals surface area contributed by atoms with Gasteiger partial charge in [0.05, 0.1) is 19.6 Å². The lowest BCUT2D eigenvalue weighted by Crippen LogP contribution is -2.28. The summed E-state index contributed by atoms with van der Waals surface area (Å²) in [5.74, 6) is 1.64. The molecule has 5 heteroatoms. The average Bonchev–Trinajstić information content (AvgIpc) is 2.93. The standard InChI is InChI=1S/C15H19N3O2/c1-12-5-3-4-6-13(12)20-10-7-15(19)18(2)11-14-16-8-9-17-14/h3-6,8-9H,7,10-11H2,1-2H3,(H,16,17). The third kappa shape index (κ3) is 3.85. The van der Waals surface area contributed by atoms with Crippen molar-refractivity contribution >= 4 is 5.91 Å². The fraction of sp³-hybridized carbons (Fsp3) is 0.333. The fourth-order valence-corrected chi connectivity index (χ4v) is 1.85. The maximum atomic E-state index is 11.9. The number of H-pyrrole nitrogens is 1. The average molecular weight is 273 g/mol. The van der Waals surface area contributed by atoms with E-state index < -0.39 is 0 Å². The summed E-state index contributed by atoms with van der Waals surface area (Å²) < 4.78 is 5.62. The number of rotatable bonds is 6. The van der Waals surface area contributed by atoms with Gasteiger partial charge >= 0.3 is 0 Å². The molecule has 0 saturated carbocycles. The van der Waals surface area contributed by atoms with Gasteiger partial charge < -0.3 is 14.6 Å². The Morgan fingerprint density at radius 2 is 2.20 bits per heavy atom. The topological polar surface area (TPSA) is 58.2 Å². The number of aryl methyl sites for hydroxylation is 1. The van der Waals surface area contributed by atoms with E-state index >= 15 is 0 Å². The maximum absolute atomic E-state index is 11.9. The zero-order valence-corrected chi connectivity index (χ0v) is 11.8. The molecule has 1 N–H and O–H groups in total. The quantitative estimate of drug-likeness (QED) is 0.877. The summed E-state index contributed by atoms with van der Waals surface area (Å²) in [5.41, 5.74) is 1.07. The number of carbonyl (C=O) groups is 1. The number of amides is 1. The highest BCUT2D eigenvalue weighted by Crippen LogP contribution is 2.16. The SMILES string of the molecule is Cc1ccccc1OCCC(=O)N(C)Cc1ncc[nH]1. The Balaban J connectivity index is 1.76. The molecule has 0 spiro atoms. The molecule has 0 radical (unpaired) electrons. The van der Waals surface area contributed by atoms with Gasteiger partial charge in [-0.2, -0.15) is 0 Å². The second-order valence-electron chi connectivity index (χ2n) is 4.65. The van der Waals surface area contributed by atoms with Crippen LogP contribution < -0.4 is 4.74 Å². The van der Waals surface area contributed by atoms with Crippen LogP contribution in [-0.4, -0.2) is 34.4 Å². The normalized spacial score (nSPS) is 10.3. The molecule has 0 aliphatic rings. The van der Waals surface area contributed by atoms with Crippen LogP contribution in [0.5, 0.6) is 5.75 Å². The molecule has 2 rings (SSSR count). The van der Waals surface area contributed by atoms with E-state index in [4.69, 9.17) is 4.74 Å². The zero-order chi connectivity index (χ0) is 14.4. The number of nitrogens with one attached hydrogen (secondary N) is 1. The van der Waals surface area contributed by atoms with Crippen molar-refractivity contribution in [1.82, 2.24) is 14.9 Å². The van der Waals surface area contributed by atoms with Crippen molar-refractivity contribution in [3.05, 3.63) is 48.0 Å². The molecule has 0 aliphatic carbocycles. The second-order valence-corrected chi connectivity index (χ2v) is 4.65. The lowest BCUT2D eigenvalue weighted by atomic mass is 10.2. The highest BCUT2D eigenvalue weighted by molar-refractivity contribution is 5.75. The van der Waals surface area contributed by atoms with Crippen molar-refractivity contribution in [1.29, 1.82) is 0 Å². The van der Waals surface area contributed by atoms with Crippen LogP contribution in [0.2, 0.25) is 0 Å². The van der Waals surface area contributed by atoms with Gasteiger partial charge in [0, 0.05) is 19.4 Å². The largest absolute Gasteiger partial charge is 0.493 e. The minimum absolute atomic E-state index is 0.0370. The molecule has 1 heterocycles. The maximum Gasteiger partial charge on any atom is 0.226 e. The van der Waals surface area contributed by atoms with Crippen LogP contribution in [-0.2, 0) is 11.3 Å². The van der Waals surface area contributed by atoms with E-state index in [9.17, 15) is 4.79 Å². The summed E-state index contributed by atoms with van der Waals surface area (Å²) in [6, 6.07) is 7.78. The number of aromatic nitrogens is 2. The van der Waals surface area contributed by atoms with E-state index in [2.05, 4.69) is 9.97 Å². The van der Waals surface area contributed by atoms with Crippen LogP contribution in [0.1, 0.15) is 17.8 Å². The monoisotopic (exact) mass is 273 g/mol. The molecular formula is C15H19N3O2. The first-order valence-electron chi connectivity index (χ1n) is 6.57. The molecule has 2 aromatic rings. The third-order valence-electron chi connectivity index (χ3n) is 3.03. The Kier molecular flexibility index (Phi) is 4.76. The van der Waals surface area contributed by atoms with Gasteiger partial charge in [0.2, 0.25) is 5.91 Å². The van der Waals surface area contributed by atoms with Crippen molar-refractivity contribution < 1.29 is 9.53 Å². The first kappa shape index (κ1) is 14.1. The van der Waals surface area contributed by atoms with Gasteiger partial charge in [0.1, 0.15) is 11.6 Å². The molecule has 1 aromatic carbocycles. The van der Waals surface area contributed by atoms with Gasteiger partial charge in [-0.05, 0) is 18.6 Å². The van der Waals surface area contributed by atoms with Crippen LogP contribution in [0.3, 0.4) is 0 Å². The summed E-state index contributed by atoms with van der Waals surface area (Å²) in [4.78, 5) is 20.7. The van der Waals surface area contributed by atoms with Crippen LogP contribution in [0.25, 0.3) is 0 Å². The van der Waals surface area contributed by atoms with Crippen molar-refractivity contribution in [2.24, 2.45) is 0 Å². The van der Waals surface area contributed by atoms with E-state index in [1.807, 2.05) is 31.2 Å². The first-order valence-corrected chi connectivity index (χ1v) is 6.57. The van der Waals surface area contributed by atoms with Gasteiger partial charge in [-0.3, -0.25) is 4.79 Å². The Morgan fingerprint density at radius 3 is 2.90 bits per heavy atom. The number of benzene rings is 1. The number of nitrogens with zero attached hydrogens (tertiary/aromatic N) is 2. The van der Waals surface area contributed by atoms with Gasteiger partial charge in [0.25, 0.3) is 0 Å². The predicted molar refractivity (Wildman–Crippen MR) is 76.4 cm³/mol. The number of imidazole rings is 1. The summed E-state index contributed by atoms with van der Waals surface area (Å²) in [6.45, 7) is 2.85. The number of carbonyl (C=O) groups excluding carboxylic acids is 1. The van der Waals surface area contributed by atoms with Crippen LogP contribution in [0.4, 0.5) is 0 Å². The second kappa shape index (κ2) is 6.75. The Morgan fingerprint density at radius 1 is 1.40 bits per heavy atom. The molecule has 0 aliphatic heterocycles. The van der Waals surface area contributed by atoms with Gasteiger partial charge in [0.15, 0.2) is 0 Å². The molecule has 0 bridgehead atoms. The predicted octanol–water partition coefficient (Wildman–Crippen LogP) is 2.15. The highest BCUT2D eigenvalue weighted by atomic mass is 16.5. The van der Waals surface area contributed by atoms with Crippen molar-refractivity contribution in [3.63, 3.8) is 0 Å². The van der Waals surface area contributed by atoms with E-state index in [1.54, 1.807) is 24.3 Å². The van der Waals surface area contributed by atoms with E-state index in [0.29, 0.717) is 19.6 Å². The fourth-order valence-electron chi connectivity index (χ4n) is 1.85. The Hall–Kier alpha value is -2.30. The van der Waals surface area contributed by atoms with E-state index in [-0.39, 0.29) is 5.91 Å². The van der Waals surface area contributed by atoms with E-state index in [1.165, 1.54) is 0 Å². The van der Waals surface area contributed by atoms with Crippen molar-refractivity contribution in [2.45, 2.75) is 19.9 Å². The zero-order valence-electron chi connectivity index (χ0n) is 11.8. The molecule has 106 valence electrons. The van der Waals surface area contributed by atoms with Gasteiger partial charge in [-0.15, -0.1) is 0 Å². The molecule has 5 nitrogen and oxygen atoms in total. The summed E-state index contributed by atoms with van der Waals surface area (Å²) in [6.07, 6.45) is 3.77. The number of ether oxygens (including phenoxy) is 1. The summed E-state index contributed by atoms with van der Waals surface area (Å²) >= 11 is 0. The molecule has 0 atom stereocenters. The van der Waals surface area contributed by atoms with Crippen LogP contribution in [0, 0.1) is 6.92 Å². The molecule has 0 unspecified atom stereocenters. The Labute approximate surface area is 118 Å². The summed E-state index contributed by atoms with van der Waals surface area (Å²) in [7, 11) is 1.76. The smallest absolute Gasteiger partial charge is 0.226 e. The van der Waals surface area contributed by atoms with Crippen molar-refractivity contribution in [2.75, 3.05) is 13.7 Å². The molecule has 1 amide bonds. The molecule has 20 heavy (non-hydrogen) atoms. The minimum Gasteiger partial charge on any atom is -0.493 e. The number of hydrogen-bond acceptors (Lipinski definition) is 3. The molecular weight excluding hydrogens is 254 g/mol. The van der Waals surface area contributed by atoms with Crippen molar-refractivity contribution in [3.8, 4) is 5.75 Å². The minimum atomic E-state index is 0.0370. The van der Waals surface area contributed by atoms with Crippen LogP contribution in [0.15, 0.2) is 36.7 Å². The lowest BCUT2D eigenvalue weighted by molar-refractivity contribution is -0.131. The molecule has 1 aromatic heterocycles. The number of aromatic amines is 1. The first-order chi connectivity index (χ1) is 9.66. The highest BCUT2D eigenvalue weighted by Gasteiger charge is 2.10. The van der Waals surface area contributed by atoms with Crippen LogP contribution >= 0.6 is 0 Å². The van der Waals surface area contributed by atoms with Gasteiger partial charge in [-0.1, -0.05) is 18.2 Å². The number of hydrogen-bond donors (Lipinski definition) is 1. The van der Waals surface area contributed by atoms with Gasteiger partial charge in [-0.25, -0.2) is 4.98 Å². The molecule has 0 fully saturated rings. The molecule has 0 saturated heterocycles.